The lowest BCUT2D eigenvalue weighted by Gasteiger charge is -2.29. The number of nitrogens with one attached hydrogen (secondary N) is 2. The summed E-state index contributed by atoms with van der Waals surface area (Å²) < 4.78 is 5.46. The van der Waals surface area contributed by atoms with Crippen LogP contribution in [0.3, 0.4) is 0 Å². The van der Waals surface area contributed by atoms with Gasteiger partial charge in [-0.3, -0.25) is 9.89 Å². The molecular formula is C23H41IN6O. The number of rotatable bonds is 8. The predicted molar refractivity (Wildman–Crippen MR) is 140 cm³/mol. The minimum Gasteiger partial charge on any atom is -0.497 e. The van der Waals surface area contributed by atoms with Crippen LogP contribution in [0.5, 0.6) is 5.75 Å². The fourth-order valence-corrected chi connectivity index (χ4v) is 4.43. The van der Waals surface area contributed by atoms with Gasteiger partial charge < -0.3 is 25.2 Å². The second kappa shape index (κ2) is 14.1. The highest BCUT2D eigenvalue weighted by molar-refractivity contribution is 14.0. The van der Waals surface area contributed by atoms with Crippen molar-refractivity contribution in [3.8, 4) is 5.75 Å². The molecule has 176 valence electrons. The average Bonchev–Trinajstić information content (AvgIpc) is 3.22. The third-order valence-electron chi connectivity index (χ3n) is 6.28. The molecule has 31 heavy (non-hydrogen) atoms. The molecule has 2 heterocycles. The molecule has 2 fully saturated rings. The van der Waals surface area contributed by atoms with Gasteiger partial charge >= 0.3 is 0 Å². The SMILES string of the molecule is CN=C(NCCN1CCCN(C)CC1)NCC(c1cccc(OC)c1)N1CCCC1.I. The summed E-state index contributed by atoms with van der Waals surface area (Å²) in [5, 5.41) is 7.08. The second-order valence-corrected chi connectivity index (χ2v) is 8.41. The van der Waals surface area contributed by atoms with Crippen molar-refractivity contribution in [1.82, 2.24) is 25.3 Å². The van der Waals surface area contributed by atoms with E-state index in [1.807, 2.05) is 13.1 Å². The molecule has 3 rings (SSSR count). The van der Waals surface area contributed by atoms with Crippen molar-refractivity contribution >= 4 is 29.9 Å². The molecular weight excluding hydrogens is 503 g/mol. The number of nitrogens with zero attached hydrogens (tertiary/aromatic N) is 4. The third kappa shape index (κ3) is 8.40. The van der Waals surface area contributed by atoms with Crippen LogP contribution in [0.2, 0.25) is 0 Å². The Labute approximate surface area is 205 Å². The van der Waals surface area contributed by atoms with Crippen LogP contribution < -0.4 is 15.4 Å². The standard InChI is InChI=1S/C23H40N6O.HI/c1-24-23(25-10-15-28-12-7-11-27(2)16-17-28)26-19-22(29-13-4-5-14-29)20-8-6-9-21(18-20)30-3;/h6,8-9,18,22H,4-5,7,10-17,19H2,1-3H3,(H2,24,25,26);1H. The Balaban J connectivity index is 0.00000341. The molecule has 1 aromatic rings. The number of guanidine groups is 1. The number of benzene rings is 1. The zero-order valence-electron chi connectivity index (χ0n) is 19.5. The summed E-state index contributed by atoms with van der Waals surface area (Å²) in [5.41, 5.74) is 1.30. The molecule has 0 aliphatic carbocycles. The van der Waals surface area contributed by atoms with Gasteiger partial charge in [-0.25, -0.2) is 0 Å². The molecule has 7 nitrogen and oxygen atoms in total. The molecule has 2 saturated heterocycles. The lowest BCUT2D eigenvalue weighted by molar-refractivity contribution is 0.244. The average molecular weight is 545 g/mol. The quantitative estimate of drug-likeness (QED) is 0.298. The van der Waals surface area contributed by atoms with Crippen LogP contribution in [0, 0.1) is 0 Å². The van der Waals surface area contributed by atoms with E-state index in [4.69, 9.17) is 4.74 Å². The van der Waals surface area contributed by atoms with E-state index in [1.165, 1.54) is 37.9 Å². The molecule has 1 atom stereocenters. The summed E-state index contributed by atoms with van der Waals surface area (Å²) in [5.74, 6) is 1.80. The highest BCUT2D eigenvalue weighted by Gasteiger charge is 2.24. The number of halogens is 1. The smallest absolute Gasteiger partial charge is 0.191 e. The van der Waals surface area contributed by atoms with Crippen molar-refractivity contribution in [2.24, 2.45) is 4.99 Å². The van der Waals surface area contributed by atoms with Crippen LogP contribution in [0.1, 0.15) is 30.9 Å². The highest BCUT2D eigenvalue weighted by atomic mass is 127. The number of ether oxygens (including phenoxy) is 1. The van der Waals surface area contributed by atoms with Gasteiger partial charge in [0, 0.05) is 39.8 Å². The van der Waals surface area contributed by atoms with E-state index < -0.39 is 0 Å². The predicted octanol–water partition coefficient (Wildman–Crippen LogP) is 2.25. The van der Waals surface area contributed by atoms with E-state index in [0.29, 0.717) is 6.04 Å². The Kier molecular flexibility index (Phi) is 11.9. The van der Waals surface area contributed by atoms with E-state index in [0.717, 1.165) is 57.5 Å². The van der Waals surface area contributed by atoms with Gasteiger partial charge in [-0.1, -0.05) is 12.1 Å². The summed E-state index contributed by atoms with van der Waals surface area (Å²) in [6.45, 7) is 9.80. The van der Waals surface area contributed by atoms with Crippen molar-refractivity contribution in [2.45, 2.75) is 25.3 Å². The fourth-order valence-electron chi connectivity index (χ4n) is 4.43. The first-order valence-electron chi connectivity index (χ1n) is 11.4. The van der Waals surface area contributed by atoms with Crippen molar-refractivity contribution < 1.29 is 4.74 Å². The van der Waals surface area contributed by atoms with Crippen molar-refractivity contribution in [3.63, 3.8) is 0 Å². The van der Waals surface area contributed by atoms with Gasteiger partial charge in [0.1, 0.15) is 5.75 Å². The van der Waals surface area contributed by atoms with E-state index in [1.54, 1.807) is 7.11 Å². The first-order chi connectivity index (χ1) is 14.7. The molecule has 2 aliphatic heterocycles. The van der Waals surface area contributed by atoms with Crippen LogP contribution in [-0.4, -0.2) is 101 Å². The van der Waals surface area contributed by atoms with E-state index >= 15 is 0 Å². The van der Waals surface area contributed by atoms with Crippen molar-refractivity contribution in [3.05, 3.63) is 29.8 Å². The van der Waals surface area contributed by atoms with Gasteiger partial charge in [0.25, 0.3) is 0 Å². The highest BCUT2D eigenvalue weighted by Crippen LogP contribution is 2.27. The fraction of sp³-hybridized carbons (Fsp3) is 0.696. The molecule has 8 heteroatoms. The Morgan fingerprint density at radius 2 is 1.87 bits per heavy atom. The molecule has 0 saturated carbocycles. The lowest BCUT2D eigenvalue weighted by Crippen LogP contribution is -2.45. The maximum Gasteiger partial charge on any atom is 0.191 e. The maximum atomic E-state index is 5.46. The monoisotopic (exact) mass is 544 g/mol. The molecule has 0 spiro atoms. The normalized spacial score (nSPS) is 20.0. The molecule has 0 aromatic heterocycles. The zero-order valence-corrected chi connectivity index (χ0v) is 21.8. The summed E-state index contributed by atoms with van der Waals surface area (Å²) in [6.07, 6.45) is 3.80. The number of methoxy groups -OCH3 is 1. The van der Waals surface area contributed by atoms with Crippen LogP contribution in [0.15, 0.2) is 29.3 Å². The van der Waals surface area contributed by atoms with Crippen molar-refractivity contribution in [1.29, 1.82) is 0 Å². The summed E-state index contributed by atoms with van der Waals surface area (Å²) in [7, 11) is 5.80. The van der Waals surface area contributed by atoms with Gasteiger partial charge in [-0.05, 0) is 70.2 Å². The molecule has 2 N–H and O–H groups in total. The third-order valence-corrected chi connectivity index (χ3v) is 6.28. The Bertz CT molecular complexity index is 667. The van der Waals surface area contributed by atoms with Gasteiger partial charge in [0.2, 0.25) is 0 Å². The minimum atomic E-state index is 0. The topological polar surface area (TPSA) is 55.4 Å². The number of likely N-dealkylation sites (N-methyl/N-ethyl adjacent to an activating group) is 1. The molecule has 0 amide bonds. The summed E-state index contributed by atoms with van der Waals surface area (Å²) in [4.78, 5) is 12.0. The first-order valence-corrected chi connectivity index (χ1v) is 11.4. The first kappa shape index (κ1) is 26.2. The second-order valence-electron chi connectivity index (χ2n) is 8.41. The van der Waals surface area contributed by atoms with Crippen LogP contribution >= 0.6 is 24.0 Å². The summed E-state index contributed by atoms with van der Waals surface area (Å²) >= 11 is 0. The van der Waals surface area contributed by atoms with Crippen molar-refractivity contribution in [2.75, 3.05) is 80.1 Å². The van der Waals surface area contributed by atoms with Crippen LogP contribution in [-0.2, 0) is 0 Å². The Hall–Kier alpha value is -1.10. The summed E-state index contributed by atoms with van der Waals surface area (Å²) in [6, 6.07) is 8.79. The number of hydrogen-bond acceptors (Lipinski definition) is 5. The molecule has 1 unspecified atom stereocenters. The van der Waals surface area contributed by atoms with Crippen LogP contribution in [0.4, 0.5) is 0 Å². The van der Waals surface area contributed by atoms with Crippen LogP contribution in [0.25, 0.3) is 0 Å². The lowest BCUT2D eigenvalue weighted by atomic mass is 10.1. The molecule has 2 aliphatic rings. The number of hydrogen-bond donors (Lipinski definition) is 2. The minimum absolute atomic E-state index is 0. The maximum absolute atomic E-state index is 5.46. The van der Waals surface area contributed by atoms with Gasteiger partial charge in [0.15, 0.2) is 5.96 Å². The van der Waals surface area contributed by atoms with Gasteiger partial charge in [0.05, 0.1) is 13.2 Å². The van der Waals surface area contributed by atoms with Gasteiger partial charge in [-0.2, -0.15) is 0 Å². The Morgan fingerprint density at radius 3 is 2.61 bits per heavy atom. The van der Waals surface area contributed by atoms with E-state index in [2.05, 4.69) is 55.6 Å². The van der Waals surface area contributed by atoms with E-state index in [-0.39, 0.29) is 24.0 Å². The molecule has 0 radical (unpaired) electrons. The molecule has 1 aromatic carbocycles. The Morgan fingerprint density at radius 1 is 1.06 bits per heavy atom. The number of aliphatic imine (C=N–C) groups is 1. The van der Waals surface area contributed by atoms with Gasteiger partial charge in [-0.15, -0.1) is 24.0 Å². The zero-order chi connectivity index (χ0) is 21.2. The number of likely N-dealkylation sites (tertiary alicyclic amines) is 1. The van der Waals surface area contributed by atoms with E-state index in [9.17, 15) is 0 Å². The largest absolute Gasteiger partial charge is 0.497 e. The molecule has 0 bridgehead atoms.